The Balaban J connectivity index is 1.30. The van der Waals surface area contributed by atoms with Crippen LogP contribution in [0.25, 0.3) is 10.2 Å². The largest absolute Gasteiger partial charge is 0.356 e. The van der Waals surface area contributed by atoms with Crippen LogP contribution in [0.2, 0.25) is 0 Å². The lowest BCUT2D eigenvalue weighted by Crippen LogP contribution is -2.35. The van der Waals surface area contributed by atoms with Crippen LogP contribution in [0.3, 0.4) is 0 Å². The maximum absolute atomic E-state index is 12.5. The number of hydrogen-bond donors (Lipinski definition) is 1. The summed E-state index contributed by atoms with van der Waals surface area (Å²) in [5, 5.41) is 3.92. The van der Waals surface area contributed by atoms with Crippen LogP contribution in [0.1, 0.15) is 30.7 Å². The van der Waals surface area contributed by atoms with Gasteiger partial charge in [-0.3, -0.25) is 14.4 Å². The van der Waals surface area contributed by atoms with Crippen LogP contribution in [0.5, 0.6) is 0 Å². The quantitative estimate of drug-likeness (QED) is 0.753. The molecule has 0 spiro atoms. The molecule has 7 nitrogen and oxygen atoms in total. The zero-order valence-corrected chi connectivity index (χ0v) is 16.8. The molecular weight excluding hydrogens is 376 g/mol. The van der Waals surface area contributed by atoms with Crippen LogP contribution < -0.4 is 10.2 Å². The summed E-state index contributed by atoms with van der Waals surface area (Å²) in [5.41, 5.74) is 1.68. The summed E-state index contributed by atoms with van der Waals surface area (Å²) in [7, 11) is 0. The summed E-state index contributed by atoms with van der Waals surface area (Å²) in [4.78, 5) is 44.5. The number of likely N-dealkylation sites (tertiary alicyclic amines) is 1. The molecule has 0 bridgehead atoms. The lowest BCUT2D eigenvalue weighted by Gasteiger charge is -2.17. The Morgan fingerprint density at radius 3 is 2.96 bits per heavy atom. The Bertz CT molecular complexity index is 925. The monoisotopic (exact) mass is 400 g/mol. The molecule has 4 rings (SSSR count). The van der Waals surface area contributed by atoms with Gasteiger partial charge in [-0.1, -0.05) is 0 Å². The van der Waals surface area contributed by atoms with Crippen molar-refractivity contribution in [3.63, 3.8) is 0 Å². The first-order valence-electron chi connectivity index (χ1n) is 9.74. The number of aromatic nitrogens is 1. The van der Waals surface area contributed by atoms with E-state index >= 15 is 0 Å². The van der Waals surface area contributed by atoms with Gasteiger partial charge in [-0.05, 0) is 38.0 Å². The van der Waals surface area contributed by atoms with Gasteiger partial charge in [0.25, 0.3) is 0 Å². The van der Waals surface area contributed by atoms with Gasteiger partial charge >= 0.3 is 0 Å². The number of thiazole rings is 1. The third-order valence-electron chi connectivity index (χ3n) is 5.36. The van der Waals surface area contributed by atoms with Crippen molar-refractivity contribution in [3.8, 4) is 0 Å². The van der Waals surface area contributed by atoms with Gasteiger partial charge in [0.05, 0.1) is 21.1 Å². The maximum Gasteiger partial charge on any atom is 0.227 e. The Labute approximate surface area is 167 Å². The van der Waals surface area contributed by atoms with Gasteiger partial charge in [0.15, 0.2) is 0 Å². The lowest BCUT2D eigenvalue weighted by atomic mass is 10.1. The first-order valence-corrected chi connectivity index (χ1v) is 10.6. The molecule has 2 aliphatic rings. The van der Waals surface area contributed by atoms with Crippen molar-refractivity contribution in [3.05, 3.63) is 23.2 Å². The minimum Gasteiger partial charge on any atom is -0.356 e. The van der Waals surface area contributed by atoms with Crippen molar-refractivity contribution in [1.82, 2.24) is 15.2 Å². The number of nitrogens with one attached hydrogen (secondary N) is 1. The first kappa shape index (κ1) is 18.9. The zero-order chi connectivity index (χ0) is 19.7. The summed E-state index contributed by atoms with van der Waals surface area (Å²) < 4.78 is 1.10. The minimum atomic E-state index is -0.339. The second-order valence-corrected chi connectivity index (χ2v) is 8.65. The van der Waals surface area contributed by atoms with E-state index in [2.05, 4.69) is 10.3 Å². The average molecular weight is 401 g/mol. The van der Waals surface area contributed by atoms with E-state index in [0.29, 0.717) is 26.1 Å². The average Bonchev–Trinajstić information content (AvgIpc) is 3.35. The number of fused-ring (bicyclic) bond motifs is 1. The first-order chi connectivity index (χ1) is 13.5. The van der Waals surface area contributed by atoms with E-state index in [-0.39, 0.29) is 30.1 Å². The molecule has 1 atom stereocenters. The highest BCUT2D eigenvalue weighted by Gasteiger charge is 2.35. The number of amides is 3. The molecule has 3 heterocycles. The van der Waals surface area contributed by atoms with Crippen molar-refractivity contribution >= 4 is 45.0 Å². The van der Waals surface area contributed by atoms with Crippen LogP contribution >= 0.6 is 11.3 Å². The molecule has 0 aliphatic carbocycles. The van der Waals surface area contributed by atoms with Crippen LogP contribution in [0.15, 0.2) is 18.2 Å². The smallest absolute Gasteiger partial charge is 0.227 e. The lowest BCUT2D eigenvalue weighted by molar-refractivity contribution is -0.127. The Morgan fingerprint density at radius 2 is 2.18 bits per heavy atom. The third kappa shape index (κ3) is 3.87. The fraction of sp³-hybridized carbons (Fsp3) is 0.500. The highest BCUT2D eigenvalue weighted by atomic mass is 32.1. The molecule has 28 heavy (non-hydrogen) atoms. The molecule has 3 amide bonds. The number of hydrogen-bond acceptors (Lipinski definition) is 5. The number of benzene rings is 1. The van der Waals surface area contributed by atoms with Gasteiger partial charge in [0.2, 0.25) is 17.7 Å². The Kier molecular flexibility index (Phi) is 5.30. The maximum atomic E-state index is 12.5. The van der Waals surface area contributed by atoms with Gasteiger partial charge in [0, 0.05) is 44.7 Å². The van der Waals surface area contributed by atoms with Gasteiger partial charge in [-0.15, -0.1) is 11.3 Å². The Hall–Kier alpha value is -2.48. The third-order valence-corrected chi connectivity index (χ3v) is 6.31. The number of anilines is 1. The second kappa shape index (κ2) is 7.87. The van der Waals surface area contributed by atoms with Crippen molar-refractivity contribution in [2.75, 3.05) is 31.1 Å². The predicted octanol–water partition coefficient (Wildman–Crippen LogP) is 2.09. The molecule has 1 N–H and O–H groups in total. The number of rotatable bonds is 6. The van der Waals surface area contributed by atoms with Crippen molar-refractivity contribution in [1.29, 1.82) is 0 Å². The highest BCUT2D eigenvalue weighted by molar-refractivity contribution is 7.18. The normalized spacial score (nSPS) is 19.8. The zero-order valence-electron chi connectivity index (χ0n) is 15.9. The van der Waals surface area contributed by atoms with Crippen molar-refractivity contribution < 1.29 is 14.4 Å². The number of nitrogens with zero attached hydrogens (tertiary/aromatic N) is 3. The van der Waals surface area contributed by atoms with E-state index in [1.165, 1.54) is 0 Å². The summed E-state index contributed by atoms with van der Waals surface area (Å²) in [6.07, 6.45) is 2.53. The molecule has 1 aromatic heterocycles. The summed E-state index contributed by atoms with van der Waals surface area (Å²) in [6, 6.07) is 5.82. The molecule has 2 aromatic rings. The van der Waals surface area contributed by atoms with Crippen molar-refractivity contribution in [2.24, 2.45) is 5.92 Å². The molecular formula is C20H24N4O3S. The molecule has 0 radical (unpaired) electrons. The highest BCUT2D eigenvalue weighted by Crippen LogP contribution is 2.30. The standard InChI is InChI=1S/C20H24N4O3S/c1-13-22-16-11-15(5-6-17(16)28-13)24-12-14(10-19(24)26)20(27)21-7-3-9-23-8-2-4-18(23)25/h5-6,11,14H,2-4,7-10,12H2,1H3,(H,21,27). The predicted molar refractivity (Wildman–Crippen MR) is 108 cm³/mol. The number of carbonyl (C=O) groups is 3. The van der Waals surface area contributed by atoms with E-state index in [9.17, 15) is 14.4 Å². The van der Waals surface area contributed by atoms with Gasteiger partial charge < -0.3 is 15.1 Å². The molecule has 2 aliphatic heterocycles. The van der Waals surface area contributed by atoms with Gasteiger partial charge in [-0.2, -0.15) is 0 Å². The van der Waals surface area contributed by atoms with Crippen LogP contribution in [-0.2, 0) is 14.4 Å². The summed E-state index contributed by atoms with van der Waals surface area (Å²) >= 11 is 1.63. The SMILES string of the molecule is Cc1nc2cc(N3CC(C(=O)NCCCN4CCCC4=O)CC3=O)ccc2s1. The molecule has 2 saturated heterocycles. The van der Waals surface area contributed by atoms with E-state index < -0.39 is 0 Å². The van der Waals surface area contributed by atoms with E-state index in [4.69, 9.17) is 0 Å². The topological polar surface area (TPSA) is 82.6 Å². The van der Waals surface area contributed by atoms with E-state index in [1.54, 1.807) is 16.2 Å². The van der Waals surface area contributed by atoms with E-state index in [0.717, 1.165) is 40.3 Å². The minimum absolute atomic E-state index is 0.0332. The molecule has 0 saturated carbocycles. The molecule has 8 heteroatoms. The summed E-state index contributed by atoms with van der Waals surface area (Å²) in [5.74, 6) is -0.257. The Morgan fingerprint density at radius 1 is 1.32 bits per heavy atom. The molecule has 2 fully saturated rings. The second-order valence-electron chi connectivity index (χ2n) is 7.42. The van der Waals surface area contributed by atoms with E-state index in [1.807, 2.05) is 30.0 Å². The van der Waals surface area contributed by atoms with Gasteiger partial charge in [-0.25, -0.2) is 4.98 Å². The molecule has 148 valence electrons. The van der Waals surface area contributed by atoms with Crippen LogP contribution in [-0.4, -0.2) is 53.8 Å². The number of carbonyl (C=O) groups excluding carboxylic acids is 3. The molecule has 1 unspecified atom stereocenters. The van der Waals surface area contributed by atoms with Gasteiger partial charge in [0.1, 0.15) is 0 Å². The van der Waals surface area contributed by atoms with Crippen molar-refractivity contribution in [2.45, 2.75) is 32.6 Å². The summed E-state index contributed by atoms with van der Waals surface area (Å²) in [6.45, 7) is 4.39. The number of aryl methyl sites for hydroxylation is 1. The fourth-order valence-electron chi connectivity index (χ4n) is 3.90. The van der Waals surface area contributed by atoms with Crippen LogP contribution in [0, 0.1) is 12.8 Å². The molecule has 1 aromatic carbocycles. The van der Waals surface area contributed by atoms with Crippen LogP contribution in [0.4, 0.5) is 5.69 Å². The fourth-order valence-corrected chi connectivity index (χ4v) is 4.71.